The van der Waals surface area contributed by atoms with E-state index in [1.807, 2.05) is 0 Å². The molecule has 1 N–H and O–H groups in total. The first kappa shape index (κ1) is 13.8. The molecule has 1 aliphatic rings. The van der Waals surface area contributed by atoms with Crippen LogP contribution in [-0.2, 0) is 23.5 Å². The fourth-order valence-corrected chi connectivity index (χ4v) is 3.22. The Kier molecular flexibility index (Phi) is 4.19. The van der Waals surface area contributed by atoms with Crippen LogP contribution >= 0.6 is 24.0 Å². The highest BCUT2D eigenvalue weighted by Crippen LogP contribution is 2.23. The van der Waals surface area contributed by atoms with Gasteiger partial charge in [0, 0.05) is 22.6 Å². The summed E-state index contributed by atoms with van der Waals surface area (Å²) >= 11 is 7.12. The van der Waals surface area contributed by atoms with Gasteiger partial charge in [0.1, 0.15) is 10.5 Å². The number of hydrogen-bond donors (Lipinski definition) is 1. The molecule has 0 radical (unpaired) electrons. The van der Waals surface area contributed by atoms with Gasteiger partial charge in [-0.25, -0.2) is 4.98 Å². The molecule has 0 saturated carbocycles. The van der Waals surface area contributed by atoms with E-state index < -0.39 is 0 Å². The lowest BCUT2D eigenvalue weighted by atomic mass is 10.1. The third-order valence-corrected chi connectivity index (χ3v) is 4.65. The van der Waals surface area contributed by atoms with Crippen LogP contribution in [0.15, 0.2) is 29.2 Å². The molecule has 2 heterocycles. The second-order valence-electron chi connectivity index (χ2n) is 4.85. The monoisotopic (exact) mass is 304 g/mol. The number of aromatic amines is 1. The number of rotatable bonds is 3. The zero-order valence-electron chi connectivity index (χ0n) is 11.3. The Morgan fingerprint density at radius 2 is 2.15 bits per heavy atom. The largest absolute Gasteiger partial charge is 0.376 e. The summed E-state index contributed by atoms with van der Waals surface area (Å²) in [5.74, 6) is 1.75. The van der Waals surface area contributed by atoms with Gasteiger partial charge in [-0.15, -0.1) is 11.8 Å². The zero-order chi connectivity index (χ0) is 13.9. The summed E-state index contributed by atoms with van der Waals surface area (Å²) in [5, 5.41) is 0. The number of benzene rings is 1. The maximum absolute atomic E-state index is 5.43. The summed E-state index contributed by atoms with van der Waals surface area (Å²) in [6.07, 6.45) is 0.893. The molecule has 0 spiro atoms. The average molecular weight is 304 g/mol. The second kappa shape index (κ2) is 6.08. The molecular formula is C15H16N2OS2. The van der Waals surface area contributed by atoms with Crippen LogP contribution in [-0.4, -0.2) is 16.6 Å². The second-order valence-corrected chi connectivity index (χ2v) is 6.29. The zero-order valence-corrected chi connectivity index (χ0v) is 12.9. The molecule has 5 heteroatoms. The number of nitrogens with zero attached hydrogens (tertiary/aromatic N) is 1. The molecule has 1 aromatic carbocycles. The van der Waals surface area contributed by atoms with E-state index in [0.717, 1.165) is 30.2 Å². The van der Waals surface area contributed by atoms with Crippen molar-refractivity contribution in [2.45, 2.75) is 30.6 Å². The lowest BCUT2D eigenvalue weighted by molar-refractivity contribution is 0.108. The smallest absolute Gasteiger partial charge is 0.135 e. The van der Waals surface area contributed by atoms with Gasteiger partial charge in [0.05, 0.1) is 19.0 Å². The quantitative estimate of drug-likeness (QED) is 0.691. The van der Waals surface area contributed by atoms with Crippen molar-refractivity contribution in [3.05, 3.63) is 51.6 Å². The van der Waals surface area contributed by atoms with Crippen LogP contribution in [0.3, 0.4) is 0 Å². The topological polar surface area (TPSA) is 37.9 Å². The van der Waals surface area contributed by atoms with Gasteiger partial charge in [0.15, 0.2) is 0 Å². The van der Waals surface area contributed by atoms with E-state index in [1.165, 1.54) is 16.2 Å². The van der Waals surface area contributed by atoms with Gasteiger partial charge in [-0.3, -0.25) is 0 Å². The van der Waals surface area contributed by atoms with Gasteiger partial charge in [0.25, 0.3) is 0 Å². The molecule has 1 aliphatic heterocycles. The molecule has 0 unspecified atom stereocenters. The number of nitrogens with one attached hydrogen (secondary N) is 1. The Bertz CT molecular complexity index is 665. The Morgan fingerprint density at radius 3 is 2.95 bits per heavy atom. The number of aryl methyl sites for hydroxylation is 1. The predicted octanol–water partition coefficient (Wildman–Crippen LogP) is 3.81. The molecule has 0 bridgehead atoms. The summed E-state index contributed by atoms with van der Waals surface area (Å²) in [4.78, 5) is 9.13. The Hall–Kier alpha value is -1.17. The first-order chi connectivity index (χ1) is 9.72. The van der Waals surface area contributed by atoms with E-state index in [0.29, 0.717) is 11.2 Å². The van der Waals surface area contributed by atoms with Gasteiger partial charge in [-0.2, -0.15) is 0 Å². The first-order valence-corrected chi connectivity index (χ1v) is 8.00. The van der Waals surface area contributed by atoms with Crippen molar-refractivity contribution < 1.29 is 4.74 Å². The number of thioether (sulfide) groups is 1. The Labute approximate surface area is 127 Å². The van der Waals surface area contributed by atoms with E-state index in [4.69, 9.17) is 17.0 Å². The molecule has 104 valence electrons. The van der Waals surface area contributed by atoms with Crippen molar-refractivity contribution in [3.63, 3.8) is 0 Å². The van der Waals surface area contributed by atoms with Crippen LogP contribution in [0.25, 0.3) is 0 Å². The van der Waals surface area contributed by atoms with Crippen molar-refractivity contribution in [2.75, 3.05) is 6.61 Å². The molecule has 0 amide bonds. The highest BCUT2D eigenvalue weighted by Gasteiger charge is 2.13. The lowest BCUT2D eigenvalue weighted by Crippen LogP contribution is -2.14. The van der Waals surface area contributed by atoms with Gasteiger partial charge in [0.2, 0.25) is 0 Å². The highest BCUT2D eigenvalue weighted by atomic mass is 32.2. The summed E-state index contributed by atoms with van der Waals surface area (Å²) in [7, 11) is 0. The summed E-state index contributed by atoms with van der Waals surface area (Å²) < 4.78 is 6.10. The van der Waals surface area contributed by atoms with Crippen molar-refractivity contribution in [1.29, 1.82) is 0 Å². The van der Waals surface area contributed by atoms with Crippen molar-refractivity contribution in [1.82, 2.24) is 9.97 Å². The molecule has 3 nitrogen and oxygen atoms in total. The molecular weight excluding hydrogens is 288 g/mol. The highest BCUT2D eigenvalue weighted by molar-refractivity contribution is 7.98. The van der Waals surface area contributed by atoms with Crippen molar-refractivity contribution >= 4 is 24.0 Å². The van der Waals surface area contributed by atoms with Gasteiger partial charge < -0.3 is 9.72 Å². The SMILES string of the molecule is Cc1ccc(SCc2nc(=S)c3c([nH]2)CCOC3)cc1. The minimum atomic E-state index is 0.586. The molecule has 3 rings (SSSR count). The fourth-order valence-electron chi connectivity index (χ4n) is 2.16. The Morgan fingerprint density at radius 1 is 1.35 bits per heavy atom. The number of ether oxygens (including phenoxy) is 1. The molecule has 0 aliphatic carbocycles. The van der Waals surface area contributed by atoms with E-state index >= 15 is 0 Å². The van der Waals surface area contributed by atoms with Crippen LogP contribution in [0.2, 0.25) is 0 Å². The van der Waals surface area contributed by atoms with E-state index in [2.05, 4.69) is 41.2 Å². The predicted molar refractivity (Wildman–Crippen MR) is 83.5 cm³/mol. The first-order valence-electron chi connectivity index (χ1n) is 6.60. The number of hydrogen-bond acceptors (Lipinski definition) is 4. The fraction of sp³-hybridized carbons (Fsp3) is 0.333. The maximum atomic E-state index is 5.43. The van der Waals surface area contributed by atoms with Crippen LogP contribution in [0.5, 0.6) is 0 Å². The third-order valence-electron chi connectivity index (χ3n) is 3.29. The minimum absolute atomic E-state index is 0.586. The van der Waals surface area contributed by atoms with Gasteiger partial charge in [-0.05, 0) is 19.1 Å². The standard InChI is InChI=1S/C15H16N2OS2/c1-10-2-4-11(5-3-10)20-9-14-16-13-6-7-18-8-12(13)15(19)17-14/h2-5H,6-9H2,1H3,(H,16,17,19). The minimum Gasteiger partial charge on any atom is -0.376 e. The average Bonchev–Trinajstić information content (AvgIpc) is 2.47. The van der Waals surface area contributed by atoms with Crippen LogP contribution in [0, 0.1) is 11.6 Å². The molecule has 1 aromatic heterocycles. The van der Waals surface area contributed by atoms with Crippen molar-refractivity contribution in [3.8, 4) is 0 Å². The molecule has 0 saturated heterocycles. The van der Waals surface area contributed by atoms with E-state index in [9.17, 15) is 0 Å². The van der Waals surface area contributed by atoms with Gasteiger partial charge in [-0.1, -0.05) is 29.9 Å². The van der Waals surface area contributed by atoms with Crippen LogP contribution < -0.4 is 0 Å². The lowest BCUT2D eigenvalue weighted by Gasteiger charge is -2.17. The third kappa shape index (κ3) is 3.11. The molecule has 20 heavy (non-hydrogen) atoms. The number of H-pyrrole nitrogens is 1. The van der Waals surface area contributed by atoms with E-state index in [1.54, 1.807) is 11.8 Å². The summed E-state index contributed by atoms with van der Waals surface area (Å²) in [5.41, 5.74) is 3.52. The Balaban J connectivity index is 1.76. The van der Waals surface area contributed by atoms with Gasteiger partial charge >= 0.3 is 0 Å². The van der Waals surface area contributed by atoms with Crippen LogP contribution in [0.1, 0.15) is 22.6 Å². The maximum Gasteiger partial charge on any atom is 0.135 e. The van der Waals surface area contributed by atoms with Crippen molar-refractivity contribution in [2.24, 2.45) is 0 Å². The molecule has 2 aromatic rings. The number of fused-ring (bicyclic) bond motifs is 1. The normalized spacial score (nSPS) is 14.1. The molecule has 0 atom stereocenters. The number of aromatic nitrogens is 2. The van der Waals surface area contributed by atoms with E-state index in [-0.39, 0.29) is 0 Å². The van der Waals surface area contributed by atoms with Crippen LogP contribution in [0.4, 0.5) is 0 Å². The summed E-state index contributed by atoms with van der Waals surface area (Å²) in [6.45, 7) is 3.44. The molecule has 0 fully saturated rings. The summed E-state index contributed by atoms with van der Waals surface area (Å²) in [6, 6.07) is 8.53.